The zero-order valence-corrected chi connectivity index (χ0v) is 15.4. The van der Waals surface area contributed by atoms with E-state index >= 15 is 0 Å². The van der Waals surface area contributed by atoms with Gasteiger partial charge in [-0.3, -0.25) is 0 Å². The van der Waals surface area contributed by atoms with E-state index in [0.717, 1.165) is 20.8 Å². The van der Waals surface area contributed by atoms with Gasteiger partial charge < -0.3 is 4.90 Å². The summed E-state index contributed by atoms with van der Waals surface area (Å²) in [7, 11) is 2.11. The number of thiophene rings is 1. The molecule has 0 aliphatic heterocycles. The highest BCUT2D eigenvalue weighted by Crippen LogP contribution is 2.29. The average Bonchev–Trinajstić information content (AvgIpc) is 2.74. The number of anilines is 1. The maximum absolute atomic E-state index is 3.64. The third-order valence-electron chi connectivity index (χ3n) is 2.59. The van der Waals surface area contributed by atoms with E-state index in [1.54, 1.807) is 11.3 Å². The van der Waals surface area contributed by atoms with Crippen LogP contribution in [0.15, 0.2) is 38.6 Å². The fourth-order valence-corrected chi connectivity index (χ4v) is 4.28. The van der Waals surface area contributed by atoms with E-state index in [1.807, 2.05) is 0 Å². The van der Waals surface area contributed by atoms with E-state index in [2.05, 4.69) is 89.4 Å². The van der Waals surface area contributed by atoms with Gasteiger partial charge in [0.15, 0.2) is 0 Å². The number of hydrogen-bond donors (Lipinski definition) is 0. The summed E-state index contributed by atoms with van der Waals surface area (Å²) in [6.07, 6.45) is 0. The van der Waals surface area contributed by atoms with E-state index in [4.69, 9.17) is 0 Å². The molecule has 1 heterocycles. The molecule has 0 atom stereocenters. The Bertz CT molecular complexity index is 539. The molecule has 2 aromatic rings. The van der Waals surface area contributed by atoms with Crippen LogP contribution in [0.2, 0.25) is 0 Å². The molecule has 18 heavy (non-hydrogen) atoms. The first-order chi connectivity index (χ1) is 8.60. The molecule has 0 radical (unpaired) electrons. The van der Waals surface area contributed by atoms with Crippen molar-refractivity contribution in [2.45, 2.75) is 11.9 Å². The number of hydrogen-bond acceptors (Lipinski definition) is 2. The molecule has 1 aromatic carbocycles. The van der Waals surface area contributed by atoms with Gasteiger partial charge in [-0.2, -0.15) is 0 Å². The number of halogens is 3. The van der Waals surface area contributed by atoms with Crippen LogP contribution in [0.5, 0.6) is 0 Å². The highest BCUT2D eigenvalue weighted by Gasteiger charge is 2.08. The molecule has 1 nitrogen and oxygen atoms in total. The van der Waals surface area contributed by atoms with Gasteiger partial charge in [-0.1, -0.05) is 22.0 Å². The number of nitrogens with zero attached hydrogens (tertiary/aromatic N) is 1. The predicted molar refractivity (Wildman–Crippen MR) is 90.9 cm³/mol. The van der Waals surface area contributed by atoms with Crippen molar-refractivity contribution in [1.29, 1.82) is 0 Å². The van der Waals surface area contributed by atoms with Gasteiger partial charge in [-0.25, -0.2) is 0 Å². The van der Waals surface area contributed by atoms with Crippen molar-refractivity contribution < 1.29 is 0 Å². The summed E-state index contributed by atoms with van der Waals surface area (Å²) < 4.78 is 2.29. The van der Waals surface area contributed by atoms with Crippen LogP contribution in [0.4, 0.5) is 5.69 Å². The molecule has 5 heteroatoms. The molecule has 0 N–H and O–H groups in total. The van der Waals surface area contributed by atoms with E-state index in [-0.39, 0.29) is 0 Å². The van der Waals surface area contributed by atoms with Crippen molar-refractivity contribution in [3.63, 3.8) is 0 Å². The normalized spacial score (nSPS) is 10.7. The molecule has 2 rings (SSSR count). The first-order valence-corrected chi connectivity index (χ1v) is 8.97. The standard InChI is InChI=1S/C13H12Br3NS/c1-17(7-11-5-10(15)8-18-11)13-3-2-9(6-14)4-12(13)16/h2-5,8H,6-7H2,1H3. The fraction of sp³-hybridized carbons (Fsp3) is 0.231. The molecule has 0 spiro atoms. The molecular formula is C13H12Br3NS. The Hall–Kier alpha value is 0.160. The molecule has 0 amide bonds. The lowest BCUT2D eigenvalue weighted by atomic mass is 10.2. The molecule has 0 saturated heterocycles. The van der Waals surface area contributed by atoms with Crippen molar-refractivity contribution in [2.75, 3.05) is 11.9 Å². The minimum absolute atomic E-state index is 0.882. The van der Waals surface area contributed by atoms with E-state index in [9.17, 15) is 0 Å². The topological polar surface area (TPSA) is 3.24 Å². The molecule has 0 aliphatic carbocycles. The molecule has 1 aromatic heterocycles. The Morgan fingerprint density at radius 2 is 2.00 bits per heavy atom. The van der Waals surface area contributed by atoms with Crippen LogP contribution in [0.25, 0.3) is 0 Å². The molecular weight excluding hydrogens is 442 g/mol. The SMILES string of the molecule is CN(Cc1cc(Br)cs1)c1ccc(CBr)cc1Br. The molecule has 0 unspecified atom stereocenters. The second-order valence-electron chi connectivity index (χ2n) is 4.01. The van der Waals surface area contributed by atoms with Crippen molar-refractivity contribution in [1.82, 2.24) is 0 Å². The third kappa shape index (κ3) is 3.59. The average molecular weight is 454 g/mol. The van der Waals surface area contributed by atoms with Crippen LogP contribution in [0.1, 0.15) is 10.4 Å². The van der Waals surface area contributed by atoms with Gasteiger partial charge in [-0.05, 0) is 55.6 Å². The van der Waals surface area contributed by atoms with Gasteiger partial charge in [0.1, 0.15) is 0 Å². The Labute approximate surface area is 137 Å². The lowest BCUT2D eigenvalue weighted by Crippen LogP contribution is -2.16. The summed E-state index contributed by atoms with van der Waals surface area (Å²) in [5, 5.41) is 3.00. The lowest BCUT2D eigenvalue weighted by Gasteiger charge is -2.20. The van der Waals surface area contributed by atoms with Gasteiger partial charge >= 0.3 is 0 Å². The summed E-state index contributed by atoms with van der Waals surface area (Å²) in [6.45, 7) is 0.919. The summed E-state index contributed by atoms with van der Waals surface area (Å²) in [5.74, 6) is 0. The molecule has 0 saturated carbocycles. The van der Waals surface area contributed by atoms with E-state index in [1.165, 1.54) is 16.1 Å². The van der Waals surface area contributed by atoms with Gasteiger partial charge in [0.05, 0.1) is 12.2 Å². The Morgan fingerprint density at radius 1 is 1.22 bits per heavy atom. The molecule has 96 valence electrons. The maximum Gasteiger partial charge on any atom is 0.0520 e. The van der Waals surface area contributed by atoms with Crippen LogP contribution >= 0.6 is 59.1 Å². The van der Waals surface area contributed by atoms with Gasteiger partial charge in [0.25, 0.3) is 0 Å². The first kappa shape index (κ1) is 14.6. The third-order valence-corrected chi connectivity index (χ3v) is 5.56. The van der Waals surface area contributed by atoms with E-state index < -0.39 is 0 Å². The molecule has 0 aliphatic rings. The second-order valence-corrected chi connectivity index (χ2v) is 7.33. The van der Waals surface area contributed by atoms with Crippen molar-refractivity contribution in [3.05, 3.63) is 49.0 Å². The monoisotopic (exact) mass is 451 g/mol. The first-order valence-electron chi connectivity index (χ1n) is 5.38. The summed E-state index contributed by atoms with van der Waals surface area (Å²) in [4.78, 5) is 3.60. The minimum Gasteiger partial charge on any atom is -0.369 e. The maximum atomic E-state index is 3.64. The van der Waals surface area contributed by atoms with Gasteiger partial charge in [0, 0.05) is 31.6 Å². The van der Waals surface area contributed by atoms with E-state index in [0.29, 0.717) is 0 Å². The molecule has 0 bridgehead atoms. The van der Waals surface area contributed by atoms with Gasteiger partial charge in [-0.15, -0.1) is 11.3 Å². The highest BCUT2D eigenvalue weighted by atomic mass is 79.9. The van der Waals surface area contributed by atoms with Crippen LogP contribution in [-0.2, 0) is 11.9 Å². The Morgan fingerprint density at radius 3 is 2.56 bits per heavy atom. The zero-order valence-electron chi connectivity index (χ0n) is 9.79. The zero-order chi connectivity index (χ0) is 13.1. The summed E-state index contributed by atoms with van der Waals surface area (Å²) >= 11 is 12.4. The van der Waals surface area contributed by atoms with Crippen LogP contribution in [0.3, 0.4) is 0 Å². The van der Waals surface area contributed by atoms with Crippen molar-refractivity contribution >= 4 is 64.8 Å². The second kappa shape index (κ2) is 6.55. The number of benzene rings is 1. The highest BCUT2D eigenvalue weighted by molar-refractivity contribution is 9.11. The quantitative estimate of drug-likeness (QED) is 0.528. The largest absolute Gasteiger partial charge is 0.369 e. The van der Waals surface area contributed by atoms with Gasteiger partial charge in [0.2, 0.25) is 0 Å². The Balaban J connectivity index is 2.15. The van der Waals surface area contributed by atoms with Crippen LogP contribution in [-0.4, -0.2) is 7.05 Å². The Kier molecular flexibility index (Phi) is 5.30. The van der Waals surface area contributed by atoms with Crippen molar-refractivity contribution in [2.24, 2.45) is 0 Å². The van der Waals surface area contributed by atoms with Crippen molar-refractivity contribution in [3.8, 4) is 0 Å². The van der Waals surface area contributed by atoms with Crippen LogP contribution in [0, 0.1) is 0 Å². The minimum atomic E-state index is 0.882. The summed E-state index contributed by atoms with van der Waals surface area (Å²) in [6, 6.07) is 8.63. The number of rotatable bonds is 4. The lowest BCUT2D eigenvalue weighted by molar-refractivity contribution is 0.936. The molecule has 0 fully saturated rings. The summed E-state index contributed by atoms with van der Waals surface area (Å²) in [5.41, 5.74) is 2.49. The predicted octanol–water partition coefficient (Wildman–Crippen LogP) is 5.80. The van der Waals surface area contributed by atoms with Crippen LogP contribution < -0.4 is 4.90 Å². The smallest absolute Gasteiger partial charge is 0.0520 e. The number of alkyl halides is 1. The fourth-order valence-electron chi connectivity index (χ4n) is 1.70.